The van der Waals surface area contributed by atoms with Crippen molar-refractivity contribution in [3.63, 3.8) is 0 Å². The van der Waals surface area contributed by atoms with E-state index in [9.17, 15) is 4.79 Å². The monoisotopic (exact) mass is 324 g/mol. The lowest BCUT2D eigenvalue weighted by atomic mass is 10.2. The molecule has 1 amide bonds. The molecule has 1 atom stereocenters. The van der Waals surface area contributed by atoms with Crippen LogP contribution in [-0.2, 0) is 0 Å². The van der Waals surface area contributed by atoms with Crippen LogP contribution in [0.25, 0.3) is 10.2 Å². The van der Waals surface area contributed by atoms with Gasteiger partial charge in [-0.1, -0.05) is 0 Å². The Morgan fingerprint density at radius 3 is 2.96 bits per heavy atom. The molecule has 0 bridgehead atoms. The molecule has 4 rings (SSSR count). The van der Waals surface area contributed by atoms with E-state index >= 15 is 0 Å². The van der Waals surface area contributed by atoms with Crippen LogP contribution in [0.2, 0.25) is 0 Å². The molecule has 1 aliphatic rings. The van der Waals surface area contributed by atoms with Gasteiger partial charge in [-0.25, -0.2) is 0 Å². The molecule has 0 saturated carbocycles. The maximum atomic E-state index is 12.5. The molecule has 4 heterocycles. The summed E-state index contributed by atoms with van der Waals surface area (Å²) >= 11 is 1.69. The maximum absolute atomic E-state index is 12.5. The van der Waals surface area contributed by atoms with Crippen LogP contribution in [0.4, 0.5) is 5.69 Å². The van der Waals surface area contributed by atoms with Crippen molar-refractivity contribution in [3.8, 4) is 0 Å². The molecule has 6 heteroatoms. The first kappa shape index (κ1) is 14.1. The summed E-state index contributed by atoms with van der Waals surface area (Å²) in [6.07, 6.45) is 6.09. The predicted molar refractivity (Wildman–Crippen MR) is 91.8 cm³/mol. The number of amides is 1. The van der Waals surface area contributed by atoms with Gasteiger partial charge in [0, 0.05) is 43.3 Å². The Bertz CT molecular complexity index is 833. The van der Waals surface area contributed by atoms with Crippen LogP contribution < -0.4 is 5.32 Å². The molecule has 5 nitrogen and oxygen atoms in total. The van der Waals surface area contributed by atoms with E-state index in [1.807, 2.05) is 23.2 Å². The number of carbonyl (C=O) groups is 1. The predicted octanol–water partition coefficient (Wildman–Crippen LogP) is 3.02. The van der Waals surface area contributed by atoms with Crippen LogP contribution in [0.1, 0.15) is 16.8 Å². The highest BCUT2D eigenvalue weighted by molar-refractivity contribution is 7.17. The van der Waals surface area contributed by atoms with Gasteiger partial charge in [-0.15, -0.1) is 11.3 Å². The van der Waals surface area contributed by atoms with Crippen molar-refractivity contribution in [2.24, 2.45) is 0 Å². The third-order valence-electron chi connectivity index (χ3n) is 4.11. The summed E-state index contributed by atoms with van der Waals surface area (Å²) < 4.78 is 1.17. The van der Waals surface area contributed by atoms with Crippen LogP contribution in [0.5, 0.6) is 0 Å². The average molecular weight is 324 g/mol. The minimum Gasteiger partial charge on any atom is -0.379 e. The zero-order valence-electron chi connectivity index (χ0n) is 12.5. The SMILES string of the molecule is O=C(c1ccncc1)N1CC[C@@H](Nc2ccnc3ccsc23)C1. The van der Waals surface area contributed by atoms with Gasteiger partial charge in [-0.3, -0.25) is 14.8 Å². The Hall–Kier alpha value is -2.47. The van der Waals surface area contributed by atoms with E-state index in [1.165, 1.54) is 4.70 Å². The number of nitrogens with zero attached hydrogens (tertiary/aromatic N) is 3. The lowest BCUT2D eigenvalue weighted by Gasteiger charge is -2.18. The summed E-state index contributed by atoms with van der Waals surface area (Å²) in [5.74, 6) is 0.0766. The normalized spacial score (nSPS) is 17.6. The molecule has 1 fully saturated rings. The second-order valence-electron chi connectivity index (χ2n) is 5.61. The van der Waals surface area contributed by atoms with Crippen molar-refractivity contribution >= 4 is 33.1 Å². The van der Waals surface area contributed by atoms with E-state index in [-0.39, 0.29) is 11.9 Å². The Balaban J connectivity index is 1.47. The zero-order chi connectivity index (χ0) is 15.6. The van der Waals surface area contributed by atoms with Crippen LogP contribution in [0.3, 0.4) is 0 Å². The largest absolute Gasteiger partial charge is 0.379 e. The van der Waals surface area contributed by atoms with Crippen molar-refractivity contribution in [2.75, 3.05) is 18.4 Å². The van der Waals surface area contributed by atoms with E-state index in [0.717, 1.165) is 30.7 Å². The Morgan fingerprint density at radius 1 is 1.22 bits per heavy atom. The number of fused-ring (bicyclic) bond motifs is 1. The molecular formula is C17H16N4OS. The molecule has 0 aliphatic carbocycles. The highest BCUT2D eigenvalue weighted by Gasteiger charge is 2.27. The molecular weight excluding hydrogens is 308 g/mol. The van der Waals surface area contributed by atoms with Gasteiger partial charge in [0.2, 0.25) is 0 Å². The molecule has 23 heavy (non-hydrogen) atoms. The highest BCUT2D eigenvalue weighted by Crippen LogP contribution is 2.28. The van der Waals surface area contributed by atoms with E-state index in [0.29, 0.717) is 5.56 Å². The molecule has 1 aliphatic heterocycles. The minimum absolute atomic E-state index is 0.0766. The molecule has 1 N–H and O–H groups in total. The van der Waals surface area contributed by atoms with Crippen molar-refractivity contribution in [3.05, 3.63) is 53.8 Å². The first-order valence-corrected chi connectivity index (χ1v) is 8.47. The number of aromatic nitrogens is 2. The van der Waals surface area contributed by atoms with E-state index < -0.39 is 0 Å². The summed E-state index contributed by atoms with van der Waals surface area (Å²) in [6, 6.07) is 7.83. The van der Waals surface area contributed by atoms with E-state index in [4.69, 9.17) is 0 Å². The molecule has 0 aromatic carbocycles. The molecule has 3 aromatic heterocycles. The van der Waals surface area contributed by atoms with Crippen LogP contribution in [0, 0.1) is 0 Å². The van der Waals surface area contributed by atoms with Gasteiger partial charge < -0.3 is 10.2 Å². The molecule has 0 radical (unpaired) electrons. The Labute approximate surface area is 138 Å². The lowest BCUT2D eigenvalue weighted by Crippen LogP contribution is -2.31. The number of hydrogen-bond donors (Lipinski definition) is 1. The quantitative estimate of drug-likeness (QED) is 0.804. The number of anilines is 1. The third-order valence-corrected chi connectivity index (χ3v) is 5.04. The van der Waals surface area contributed by atoms with Crippen LogP contribution >= 0.6 is 11.3 Å². The number of nitrogens with one attached hydrogen (secondary N) is 1. The maximum Gasteiger partial charge on any atom is 0.254 e. The van der Waals surface area contributed by atoms with Crippen molar-refractivity contribution in [1.29, 1.82) is 0 Å². The van der Waals surface area contributed by atoms with Crippen LogP contribution in [-0.4, -0.2) is 39.9 Å². The number of thiophene rings is 1. The topological polar surface area (TPSA) is 58.1 Å². The average Bonchev–Trinajstić information content (AvgIpc) is 3.25. The number of carbonyl (C=O) groups excluding carboxylic acids is 1. The van der Waals surface area contributed by atoms with Gasteiger partial charge in [0.05, 0.1) is 15.9 Å². The van der Waals surface area contributed by atoms with Gasteiger partial charge >= 0.3 is 0 Å². The fourth-order valence-electron chi connectivity index (χ4n) is 2.95. The third kappa shape index (κ3) is 2.77. The summed E-state index contributed by atoms with van der Waals surface area (Å²) in [5.41, 5.74) is 2.82. The molecule has 3 aromatic rings. The summed E-state index contributed by atoms with van der Waals surface area (Å²) in [5, 5.41) is 5.62. The molecule has 116 valence electrons. The fraction of sp³-hybridized carbons (Fsp3) is 0.235. The molecule has 0 unspecified atom stereocenters. The van der Waals surface area contributed by atoms with Gasteiger partial charge in [0.15, 0.2) is 0 Å². The van der Waals surface area contributed by atoms with E-state index in [2.05, 4.69) is 20.7 Å². The Kier molecular flexibility index (Phi) is 3.67. The number of likely N-dealkylation sites (tertiary alicyclic amines) is 1. The number of hydrogen-bond acceptors (Lipinski definition) is 5. The summed E-state index contributed by atoms with van der Waals surface area (Å²) in [7, 11) is 0. The molecule has 0 spiro atoms. The standard InChI is InChI=1S/C17H16N4OS/c22-17(12-1-6-18-7-2-12)21-9-4-13(11-21)20-15-3-8-19-14-5-10-23-16(14)15/h1-3,5-8,10,13H,4,9,11H2,(H,19,20)/t13-/m1/s1. The van der Waals surface area contributed by atoms with E-state index in [1.54, 1.807) is 35.9 Å². The van der Waals surface area contributed by atoms with Gasteiger partial charge in [-0.2, -0.15) is 0 Å². The second-order valence-corrected chi connectivity index (χ2v) is 6.53. The van der Waals surface area contributed by atoms with Gasteiger partial charge in [-0.05, 0) is 36.1 Å². The first-order chi connectivity index (χ1) is 11.3. The summed E-state index contributed by atoms with van der Waals surface area (Å²) in [4.78, 5) is 22.7. The van der Waals surface area contributed by atoms with Crippen molar-refractivity contribution in [1.82, 2.24) is 14.9 Å². The van der Waals surface area contributed by atoms with Gasteiger partial charge in [0.25, 0.3) is 5.91 Å². The van der Waals surface area contributed by atoms with Crippen molar-refractivity contribution < 1.29 is 4.79 Å². The fourth-order valence-corrected chi connectivity index (χ4v) is 3.78. The molecule has 1 saturated heterocycles. The minimum atomic E-state index is 0.0766. The lowest BCUT2D eigenvalue weighted by molar-refractivity contribution is 0.0791. The second kappa shape index (κ2) is 5.96. The van der Waals surface area contributed by atoms with Crippen molar-refractivity contribution in [2.45, 2.75) is 12.5 Å². The number of rotatable bonds is 3. The first-order valence-electron chi connectivity index (χ1n) is 7.59. The summed E-state index contributed by atoms with van der Waals surface area (Å²) in [6.45, 7) is 1.49. The van der Waals surface area contributed by atoms with Crippen LogP contribution in [0.15, 0.2) is 48.2 Å². The smallest absolute Gasteiger partial charge is 0.254 e. The zero-order valence-corrected chi connectivity index (χ0v) is 13.3. The van der Waals surface area contributed by atoms with Gasteiger partial charge in [0.1, 0.15) is 0 Å². The number of pyridine rings is 2. The Morgan fingerprint density at radius 2 is 2.09 bits per heavy atom. The highest BCUT2D eigenvalue weighted by atomic mass is 32.1.